The summed E-state index contributed by atoms with van der Waals surface area (Å²) in [5, 5.41) is 3.73. The lowest BCUT2D eigenvalue weighted by Gasteiger charge is -2.43. The molecule has 0 radical (unpaired) electrons. The van der Waals surface area contributed by atoms with E-state index in [9.17, 15) is 0 Å². The van der Waals surface area contributed by atoms with E-state index >= 15 is 0 Å². The summed E-state index contributed by atoms with van der Waals surface area (Å²) in [6.45, 7) is 5.81. The normalized spacial score (nSPS) is 40.9. The molecule has 2 heteroatoms. The zero-order valence-electron chi connectivity index (χ0n) is 9.60. The number of hydrogen-bond acceptors (Lipinski definition) is 2. The highest BCUT2D eigenvalue weighted by molar-refractivity contribution is 4.98. The number of rotatable bonds is 3. The first-order chi connectivity index (χ1) is 6.54. The predicted molar refractivity (Wildman–Crippen MR) is 60.2 cm³/mol. The first-order valence-electron chi connectivity index (χ1n) is 6.05. The van der Waals surface area contributed by atoms with Crippen LogP contribution in [-0.2, 0) is 0 Å². The molecule has 0 amide bonds. The maximum Gasteiger partial charge on any atom is 0.0153 e. The number of nitrogens with one attached hydrogen (secondary N) is 1. The van der Waals surface area contributed by atoms with Gasteiger partial charge in [-0.05, 0) is 44.4 Å². The molecule has 0 aromatic rings. The van der Waals surface area contributed by atoms with Crippen molar-refractivity contribution in [2.75, 3.05) is 6.54 Å². The molecule has 0 bridgehead atoms. The minimum atomic E-state index is 0.360. The van der Waals surface area contributed by atoms with Crippen LogP contribution < -0.4 is 11.1 Å². The molecule has 0 aromatic heterocycles. The second-order valence-corrected chi connectivity index (χ2v) is 5.92. The standard InChI is InChI=1S/C12H24N2/c1-11(6-3-5-10(11)13)9-14-12(2)7-4-8-12/h10,14H,3-9,13H2,1-2H3. The van der Waals surface area contributed by atoms with Crippen molar-refractivity contribution >= 4 is 0 Å². The topological polar surface area (TPSA) is 38.0 Å². The Labute approximate surface area is 87.6 Å². The van der Waals surface area contributed by atoms with Crippen molar-refractivity contribution in [3.05, 3.63) is 0 Å². The van der Waals surface area contributed by atoms with Gasteiger partial charge in [0.2, 0.25) is 0 Å². The minimum Gasteiger partial charge on any atom is -0.327 e. The molecule has 82 valence electrons. The highest BCUT2D eigenvalue weighted by Gasteiger charge is 2.39. The average molecular weight is 196 g/mol. The Morgan fingerprint density at radius 3 is 2.36 bits per heavy atom. The molecule has 14 heavy (non-hydrogen) atoms. The Balaban J connectivity index is 1.84. The minimum absolute atomic E-state index is 0.360. The summed E-state index contributed by atoms with van der Waals surface area (Å²) < 4.78 is 0. The molecule has 2 aliphatic rings. The van der Waals surface area contributed by atoms with Gasteiger partial charge in [-0.15, -0.1) is 0 Å². The maximum absolute atomic E-state index is 6.16. The van der Waals surface area contributed by atoms with Crippen LogP contribution in [0.15, 0.2) is 0 Å². The zero-order valence-corrected chi connectivity index (χ0v) is 9.60. The maximum atomic E-state index is 6.16. The third-order valence-corrected chi connectivity index (χ3v) is 4.53. The summed E-state index contributed by atoms with van der Waals surface area (Å²) in [4.78, 5) is 0. The molecule has 2 unspecified atom stereocenters. The second-order valence-electron chi connectivity index (χ2n) is 5.92. The Kier molecular flexibility index (Phi) is 2.61. The van der Waals surface area contributed by atoms with E-state index in [1.165, 1.54) is 38.5 Å². The highest BCUT2D eigenvalue weighted by atomic mass is 15.0. The molecule has 0 heterocycles. The molecular weight excluding hydrogens is 172 g/mol. The first-order valence-corrected chi connectivity index (χ1v) is 6.05. The molecule has 2 saturated carbocycles. The molecule has 2 rings (SSSR count). The molecule has 2 aliphatic carbocycles. The average Bonchev–Trinajstić information content (AvgIpc) is 2.42. The summed E-state index contributed by atoms with van der Waals surface area (Å²) >= 11 is 0. The quantitative estimate of drug-likeness (QED) is 0.725. The van der Waals surface area contributed by atoms with Crippen LogP contribution in [0.4, 0.5) is 0 Å². The molecule has 0 saturated heterocycles. The van der Waals surface area contributed by atoms with Gasteiger partial charge in [-0.2, -0.15) is 0 Å². The highest BCUT2D eigenvalue weighted by Crippen LogP contribution is 2.38. The Morgan fingerprint density at radius 2 is 1.93 bits per heavy atom. The van der Waals surface area contributed by atoms with Gasteiger partial charge in [-0.25, -0.2) is 0 Å². The SMILES string of the molecule is CC1(NCC2(C)CCCC2N)CCC1. The molecule has 2 fully saturated rings. The first kappa shape index (κ1) is 10.4. The molecule has 3 N–H and O–H groups in total. The van der Waals surface area contributed by atoms with E-state index in [0.29, 0.717) is 17.0 Å². The van der Waals surface area contributed by atoms with Gasteiger partial charge in [0.05, 0.1) is 0 Å². The van der Waals surface area contributed by atoms with E-state index in [2.05, 4.69) is 19.2 Å². The van der Waals surface area contributed by atoms with Crippen molar-refractivity contribution in [1.82, 2.24) is 5.32 Å². The fourth-order valence-electron chi connectivity index (χ4n) is 2.78. The van der Waals surface area contributed by atoms with Crippen LogP contribution in [0, 0.1) is 5.41 Å². The van der Waals surface area contributed by atoms with Gasteiger partial charge in [-0.3, -0.25) is 0 Å². The lowest BCUT2D eigenvalue weighted by molar-refractivity contribution is 0.164. The predicted octanol–water partition coefficient (Wildman–Crippen LogP) is 2.04. The molecule has 2 atom stereocenters. The summed E-state index contributed by atoms with van der Waals surface area (Å²) in [6.07, 6.45) is 7.92. The van der Waals surface area contributed by atoms with Gasteiger partial charge in [0.25, 0.3) is 0 Å². The smallest absolute Gasteiger partial charge is 0.0153 e. The summed E-state index contributed by atoms with van der Waals surface area (Å²) in [5.74, 6) is 0. The van der Waals surface area contributed by atoms with E-state index in [-0.39, 0.29) is 0 Å². The summed E-state index contributed by atoms with van der Waals surface area (Å²) in [5.41, 5.74) is 6.96. The second kappa shape index (κ2) is 3.49. The fraction of sp³-hybridized carbons (Fsp3) is 1.00. The Morgan fingerprint density at radius 1 is 1.21 bits per heavy atom. The van der Waals surface area contributed by atoms with Crippen LogP contribution in [0.25, 0.3) is 0 Å². The van der Waals surface area contributed by atoms with E-state index < -0.39 is 0 Å². The van der Waals surface area contributed by atoms with Gasteiger partial charge >= 0.3 is 0 Å². The summed E-state index contributed by atoms with van der Waals surface area (Å²) in [6, 6.07) is 0.415. The molecule has 2 nitrogen and oxygen atoms in total. The largest absolute Gasteiger partial charge is 0.327 e. The van der Waals surface area contributed by atoms with Crippen LogP contribution in [0.1, 0.15) is 52.4 Å². The van der Waals surface area contributed by atoms with Crippen molar-refractivity contribution in [1.29, 1.82) is 0 Å². The van der Waals surface area contributed by atoms with Crippen LogP contribution in [-0.4, -0.2) is 18.1 Å². The lowest BCUT2D eigenvalue weighted by atomic mass is 9.76. The van der Waals surface area contributed by atoms with E-state index in [1.54, 1.807) is 0 Å². The van der Waals surface area contributed by atoms with Crippen LogP contribution in [0.3, 0.4) is 0 Å². The van der Waals surface area contributed by atoms with E-state index in [4.69, 9.17) is 5.73 Å². The Hall–Kier alpha value is -0.0800. The van der Waals surface area contributed by atoms with Crippen molar-refractivity contribution < 1.29 is 0 Å². The van der Waals surface area contributed by atoms with Crippen molar-refractivity contribution in [3.63, 3.8) is 0 Å². The van der Waals surface area contributed by atoms with Gasteiger partial charge in [0, 0.05) is 18.1 Å². The molecule has 0 spiro atoms. The zero-order chi connectivity index (χ0) is 10.2. The van der Waals surface area contributed by atoms with Gasteiger partial charge in [-0.1, -0.05) is 13.3 Å². The van der Waals surface area contributed by atoms with Crippen LogP contribution in [0.2, 0.25) is 0 Å². The molecule has 0 aliphatic heterocycles. The van der Waals surface area contributed by atoms with Crippen molar-refractivity contribution in [3.8, 4) is 0 Å². The van der Waals surface area contributed by atoms with Gasteiger partial charge in [0.15, 0.2) is 0 Å². The van der Waals surface area contributed by atoms with Crippen LogP contribution >= 0.6 is 0 Å². The molecule has 0 aromatic carbocycles. The number of nitrogens with two attached hydrogens (primary N) is 1. The van der Waals surface area contributed by atoms with Crippen LogP contribution in [0.5, 0.6) is 0 Å². The van der Waals surface area contributed by atoms with Crippen molar-refractivity contribution in [2.24, 2.45) is 11.1 Å². The summed E-state index contributed by atoms with van der Waals surface area (Å²) in [7, 11) is 0. The van der Waals surface area contributed by atoms with Gasteiger partial charge < -0.3 is 11.1 Å². The van der Waals surface area contributed by atoms with Gasteiger partial charge in [0.1, 0.15) is 0 Å². The molecular formula is C12H24N2. The van der Waals surface area contributed by atoms with Crippen molar-refractivity contribution in [2.45, 2.75) is 64.0 Å². The van der Waals surface area contributed by atoms with E-state index in [0.717, 1.165) is 6.54 Å². The lowest BCUT2D eigenvalue weighted by Crippen LogP contribution is -2.53. The number of hydrogen-bond donors (Lipinski definition) is 2. The third kappa shape index (κ3) is 1.82. The third-order valence-electron chi connectivity index (χ3n) is 4.53. The monoisotopic (exact) mass is 196 g/mol. The fourth-order valence-corrected chi connectivity index (χ4v) is 2.78. The Bertz CT molecular complexity index is 210. The van der Waals surface area contributed by atoms with E-state index in [1.807, 2.05) is 0 Å².